The van der Waals surface area contributed by atoms with Gasteiger partial charge in [-0.3, -0.25) is 24.0 Å². The molecule has 3 amide bonds. The summed E-state index contributed by atoms with van der Waals surface area (Å²) in [5, 5.41) is 34.0. The Kier molecular flexibility index (Phi) is 14.9. The maximum Gasteiger partial charge on any atom is 0.326 e. The molecule has 10 N–H and O–H groups in total. The number of rotatable bonds is 18. The molecular formula is C21H37N5O9. The number of nitrogens with one attached hydrogen (secondary N) is 3. The minimum absolute atomic E-state index is 0.342. The van der Waals surface area contributed by atoms with Crippen molar-refractivity contribution in [1.82, 2.24) is 16.0 Å². The molecule has 0 aliphatic heterocycles. The maximum absolute atomic E-state index is 12.9. The summed E-state index contributed by atoms with van der Waals surface area (Å²) in [6, 6.07) is -5.32. The highest BCUT2D eigenvalue weighted by molar-refractivity contribution is 5.95. The predicted molar refractivity (Wildman–Crippen MR) is 123 cm³/mol. The topological polar surface area (TPSA) is 251 Å². The Balaban J connectivity index is 5.50. The van der Waals surface area contributed by atoms with Crippen LogP contribution in [0.2, 0.25) is 0 Å². The molecule has 14 nitrogen and oxygen atoms in total. The Labute approximate surface area is 203 Å². The van der Waals surface area contributed by atoms with E-state index in [0.29, 0.717) is 32.2 Å². The van der Waals surface area contributed by atoms with E-state index >= 15 is 0 Å². The lowest BCUT2D eigenvalue weighted by atomic mass is 9.97. The molecule has 0 aromatic carbocycles. The SMILES string of the molecule is CCC(C)C(NC(=O)C(N)CCCCN)C(=O)NC(CC(=O)O)C(=O)NC(CCC(=O)O)C(=O)O. The van der Waals surface area contributed by atoms with Crippen molar-refractivity contribution in [2.45, 2.75) is 83.0 Å². The van der Waals surface area contributed by atoms with Gasteiger partial charge in [0.2, 0.25) is 17.7 Å². The molecule has 14 heteroatoms. The van der Waals surface area contributed by atoms with E-state index in [4.69, 9.17) is 21.7 Å². The molecule has 0 spiro atoms. The van der Waals surface area contributed by atoms with Crippen LogP contribution in [0.5, 0.6) is 0 Å². The molecule has 0 aliphatic carbocycles. The molecule has 5 atom stereocenters. The van der Waals surface area contributed by atoms with Gasteiger partial charge < -0.3 is 42.7 Å². The molecule has 0 saturated heterocycles. The predicted octanol–water partition coefficient (Wildman–Crippen LogP) is -1.63. The van der Waals surface area contributed by atoms with Crippen LogP contribution in [0, 0.1) is 5.92 Å². The molecule has 0 bridgehead atoms. The number of carboxylic acids is 3. The van der Waals surface area contributed by atoms with E-state index in [1.807, 2.05) is 0 Å². The van der Waals surface area contributed by atoms with E-state index in [0.717, 1.165) is 0 Å². The van der Waals surface area contributed by atoms with Crippen LogP contribution in [0.25, 0.3) is 0 Å². The summed E-state index contributed by atoms with van der Waals surface area (Å²) in [5.74, 6) is -7.23. The molecule has 0 aromatic rings. The summed E-state index contributed by atoms with van der Waals surface area (Å²) in [6.07, 6.45) is 0.202. The number of hydrogen-bond acceptors (Lipinski definition) is 8. The van der Waals surface area contributed by atoms with Gasteiger partial charge in [0, 0.05) is 6.42 Å². The van der Waals surface area contributed by atoms with Crippen LogP contribution in [-0.4, -0.2) is 81.7 Å². The third-order valence-corrected chi connectivity index (χ3v) is 5.37. The van der Waals surface area contributed by atoms with Crippen LogP contribution < -0.4 is 27.4 Å². The van der Waals surface area contributed by atoms with Crippen LogP contribution >= 0.6 is 0 Å². The molecule has 0 saturated carbocycles. The number of aliphatic carboxylic acids is 3. The van der Waals surface area contributed by atoms with Crippen molar-refractivity contribution in [3.05, 3.63) is 0 Å². The van der Waals surface area contributed by atoms with Gasteiger partial charge in [0.1, 0.15) is 18.1 Å². The zero-order valence-electron chi connectivity index (χ0n) is 20.0. The third-order valence-electron chi connectivity index (χ3n) is 5.37. The molecule has 200 valence electrons. The summed E-state index contributed by atoms with van der Waals surface area (Å²) in [4.78, 5) is 71.4. The summed E-state index contributed by atoms with van der Waals surface area (Å²) in [5.41, 5.74) is 11.3. The van der Waals surface area contributed by atoms with Gasteiger partial charge in [0.05, 0.1) is 12.5 Å². The first-order chi connectivity index (χ1) is 16.3. The number of hydrogen-bond donors (Lipinski definition) is 8. The Morgan fingerprint density at radius 2 is 1.40 bits per heavy atom. The Bertz CT molecular complexity index is 761. The fourth-order valence-corrected chi connectivity index (χ4v) is 3.04. The molecule has 0 fully saturated rings. The van der Waals surface area contributed by atoms with Crippen LogP contribution in [0.1, 0.15) is 58.8 Å². The molecule has 0 aliphatic rings. The molecular weight excluding hydrogens is 466 g/mol. The molecule has 0 rings (SSSR count). The van der Waals surface area contributed by atoms with Gasteiger partial charge in [0.25, 0.3) is 0 Å². The molecule has 0 radical (unpaired) electrons. The van der Waals surface area contributed by atoms with Gasteiger partial charge in [0.15, 0.2) is 0 Å². The van der Waals surface area contributed by atoms with Gasteiger partial charge in [-0.05, 0) is 31.7 Å². The summed E-state index contributed by atoms with van der Waals surface area (Å²) < 4.78 is 0. The first-order valence-corrected chi connectivity index (χ1v) is 11.4. The van der Waals surface area contributed by atoms with E-state index in [-0.39, 0.29) is 0 Å². The zero-order valence-corrected chi connectivity index (χ0v) is 20.0. The highest BCUT2D eigenvalue weighted by Crippen LogP contribution is 2.10. The van der Waals surface area contributed by atoms with Gasteiger partial charge in [-0.2, -0.15) is 0 Å². The highest BCUT2D eigenvalue weighted by atomic mass is 16.4. The van der Waals surface area contributed by atoms with Crippen molar-refractivity contribution >= 4 is 35.6 Å². The van der Waals surface area contributed by atoms with Crippen LogP contribution in [0.15, 0.2) is 0 Å². The largest absolute Gasteiger partial charge is 0.481 e. The molecule has 35 heavy (non-hydrogen) atoms. The highest BCUT2D eigenvalue weighted by Gasteiger charge is 2.33. The van der Waals surface area contributed by atoms with Crippen LogP contribution in [0.4, 0.5) is 0 Å². The van der Waals surface area contributed by atoms with Crippen LogP contribution in [0.3, 0.4) is 0 Å². The zero-order chi connectivity index (χ0) is 27.1. The Morgan fingerprint density at radius 1 is 0.800 bits per heavy atom. The number of carbonyl (C=O) groups excluding carboxylic acids is 3. The van der Waals surface area contributed by atoms with Gasteiger partial charge in [-0.15, -0.1) is 0 Å². The first kappa shape index (κ1) is 31.7. The van der Waals surface area contributed by atoms with E-state index in [1.54, 1.807) is 13.8 Å². The second-order valence-corrected chi connectivity index (χ2v) is 8.25. The van der Waals surface area contributed by atoms with E-state index in [1.165, 1.54) is 0 Å². The Hall–Kier alpha value is -3.26. The van der Waals surface area contributed by atoms with E-state index in [9.17, 15) is 33.9 Å². The molecule has 5 unspecified atom stereocenters. The lowest BCUT2D eigenvalue weighted by Crippen LogP contribution is -2.59. The minimum Gasteiger partial charge on any atom is -0.481 e. The average molecular weight is 504 g/mol. The number of unbranched alkanes of at least 4 members (excludes halogenated alkanes) is 1. The smallest absolute Gasteiger partial charge is 0.326 e. The summed E-state index contributed by atoms with van der Waals surface area (Å²) in [6.45, 7) is 3.88. The standard InChI is InChI=1S/C21H37N5O9/c1-3-11(2)17(26-18(31)12(23)6-4-5-9-22)20(33)25-14(10-16(29)30)19(32)24-13(21(34)35)7-8-15(27)28/h11-14,17H,3-10,22-23H2,1-2H3,(H,24,32)(H,25,33)(H,26,31)(H,27,28)(H,29,30)(H,34,35). The van der Waals surface area contributed by atoms with Crippen molar-refractivity contribution in [3.63, 3.8) is 0 Å². The van der Waals surface area contributed by atoms with Crippen LogP contribution in [-0.2, 0) is 28.8 Å². The number of amides is 3. The van der Waals surface area contributed by atoms with Crippen molar-refractivity contribution in [3.8, 4) is 0 Å². The molecule has 0 heterocycles. The lowest BCUT2D eigenvalue weighted by molar-refractivity contribution is -0.144. The fraction of sp³-hybridized carbons (Fsp3) is 0.714. The summed E-state index contributed by atoms with van der Waals surface area (Å²) >= 11 is 0. The van der Waals surface area contributed by atoms with Crippen molar-refractivity contribution in [2.75, 3.05) is 6.54 Å². The third kappa shape index (κ3) is 12.7. The van der Waals surface area contributed by atoms with E-state index < -0.39 is 85.0 Å². The number of carbonyl (C=O) groups is 6. The Morgan fingerprint density at radius 3 is 1.89 bits per heavy atom. The van der Waals surface area contributed by atoms with Gasteiger partial charge >= 0.3 is 17.9 Å². The number of nitrogens with two attached hydrogens (primary N) is 2. The molecule has 0 aromatic heterocycles. The van der Waals surface area contributed by atoms with Gasteiger partial charge in [-0.1, -0.05) is 26.7 Å². The quantitative estimate of drug-likeness (QED) is 0.0985. The van der Waals surface area contributed by atoms with Gasteiger partial charge in [-0.25, -0.2) is 4.79 Å². The van der Waals surface area contributed by atoms with E-state index in [2.05, 4.69) is 16.0 Å². The monoisotopic (exact) mass is 503 g/mol. The van der Waals surface area contributed by atoms with Crippen molar-refractivity contribution in [1.29, 1.82) is 0 Å². The second-order valence-electron chi connectivity index (χ2n) is 8.25. The maximum atomic E-state index is 12.9. The van der Waals surface area contributed by atoms with Crippen molar-refractivity contribution < 1.29 is 44.1 Å². The summed E-state index contributed by atoms with van der Waals surface area (Å²) in [7, 11) is 0. The first-order valence-electron chi connectivity index (χ1n) is 11.4. The normalized spacial score (nSPS) is 15.1. The number of carboxylic acid groups (broad SMARTS) is 3. The minimum atomic E-state index is -1.67. The second kappa shape index (κ2) is 16.4. The fourth-order valence-electron chi connectivity index (χ4n) is 3.04. The lowest BCUT2D eigenvalue weighted by Gasteiger charge is -2.27. The average Bonchev–Trinajstić information content (AvgIpc) is 2.78. The van der Waals surface area contributed by atoms with Crippen molar-refractivity contribution in [2.24, 2.45) is 17.4 Å².